The lowest BCUT2D eigenvalue weighted by atomic mass is 10.2. The second-order valence-corrected chi connectivity index (χ2v) is 4.44. The van der Waals surface area contributed by atoms with Crippen molar-refractivity contribution in [3.8, 4) is 11.4 Å². The molecule has 0 bridgehead atoms. The summed E-state index contributed by atoms with van der Waals surface area (Å²) in [6, 6.07) is 8.19. The maximum absolute atomic E-state index is 13.2. The first-order valence-corrected chi connectivity index (χ1v) is 5.79. The zero-order chi connectivity index (χ0) is 11.8. The van der Waals surface area contributed by atoms with E-state index in [1.165, 1.54) is 12.1 Å². The van der Waals surface area contributed by atoms with E-state index in [4.69, 9.17) is 0 Å². The number of aromatic nitrogens is 3. The largest absolute Gasteiger partial charge is 0.337 e. The van der Waals surface area contributed by atoms with Gasteiger partial charge in [0.05, 0.1) is 5.52 Å². The Morgan fingerprint density at radius 1 is 1.24 bits per heavy atom. The molecule has 3 rings (SSSR count). The highest BCUT2D eigenvalue weighted by atomic mass is 79.9. The summed E-state index contributed by atoms with van der Waals surface area (Å²) >= 11 is 3.38. The summed E-state index contributed by atoms with van der Waals surface area (Å²) in [6.07, 6.45) is 1.67. The van der Waals surface area contributed by atoms with E-state index in [1.807, 2.05) is 12.1 Å². The first-order valence-electron chi connectivity index (χ1n) is 5.00. The zero-order valence-electron chi connectivity index (χ0n) is 8.61. The lowest BCUT2D eigenvalue weighted by molar-refractivity contribution is 0.628. The molecule has 3 aromatic rings. The van der Waals surface area contributed by atoms with Crippen LogP contribution < -0.4 is 0 Å². The Hall–Kier alpha value is -1.75. The molecule has 2 aromatic heterocycles. The van der Waals surface area contributed by atoms with Crippen LogP contribution >= 0.6 is 15.9 Å². The van der Waals surface area contributed by atoms with Crippen LogP contribution in [-0.2, 0) is 0 Å². The van der Waals surface area contributed by atoms with Crippen LogP contribution in [0.15, 0.2) is 41.0 Å². The molecule has 1 N–H and O–H groups in total. The smallest absolute Gasteiger partial charge is 0.178 e. The Kier molecular flexibility index (Phi) is 2.40. The van der Waals surface area contributed by atoms with Crippen molar-refractivity contribution in [3.05, 3.63) is 46.8 Å². The van der Waals surface area contributed by atoms with Gasteiger partial charge in [0, 0.05) is 16.2 Å². The molecular weight excluding hydrogens is 285 g/mol. The molecule has 0 aliphatic rings. The molecule has 0 atom stereocenters. The van der Waals surface area contributed by atoms with Crippen molar-refractivity contribution >= 4 is 27.1 Å². The fourth-order valence-electron chi connectivity index (χ4n) is 1.65. The van der Waals surface area contributed by atoms with Gasteiger partial charge in [-0.1, -0.05) is 15.9 Å². The van der Waals surface area contributed by atoms with Crippen LogP contribution in [-0.4, -0.2) is 15.0 Å². The molecular formula is C12H7BrFN3. The molecule has 3 nitrogen and oxygen atoms in total. The second-order valence-electron chi connectivity index (χ2n) is 3.58. The first kappa shape index (κ1) is 10.4. The zero-order valence-corrected chi connectivity index (χ0v) is 10.2. The Balaban J connectivity index is 2.23. The predicted molar refractivity (Wildman–Crippen MR) is 67.0 cm³/mol. The summed E-state index contributed by atoms with van der Waals surface area (Å²) < 4.78 is 14.0. The van der Waals surface area contributed by atoms with Crippen LogP contribution in [0.1, 0.15) is 0 Å². The van der Waals surface area contributed by atoms with Gasteiger partial charge in [0.15, 0.2) is 5.65 Å². The molecule has 0 saturated heterocycles. The summed E-state index contributed by atoms with van der Waals surface area (Å²) in [5, 5.41) is 0. The minimum absolute atomic E-state index is 0.295. The normalized spacial score (nSPS) is 10.9. The fraction of sp³-hybridized carbons (Fsp3) is 0. The fourth-order valence-corrected chi connectivity index (χ4v) is 2.09. The van der Waals surface area contributed by atoms with Crippen LogP contribution in [0.4, 0.5) is 4.39 Å². The number of nitrogens with one attached hydrogen (secondary N) is 1. The lowest BCUT2D eigenvalue weighted by Gasteiger charge is -2.00. The molecule has 84 valence electrons. The quantitative estimate of drug-likeness (QED) is 0.745. The van der Waals surface area contributed by atoms with Crippen LogP contribution in [0, 0.1) is 5.82 Å². The minimum Gasteiger partial charge on any atom is -0.337 e. The van der Waals surface area contributed by atoms with Crippen molar-refractivity contribution in [1.29, 1.82) is 0 Å². The number of aromatic amines is 1. The van der Waals surface area contributed by atoms with Gasteiger partial charge in [-0.25, -0.2) is 14.4 Å². The van der Waals surface area contributed by atoms with Gasteiger partial charge in [0.25, 0.3) is 0 Å². The van der Waals surface area contributed by atoms with E-state index in [-0.39, 0.29) is 5.82 Å². The van der Waals surface area contributed by atoms with Crippen LogP contribution in [0.3, 0.4) is 0 Å². The Bertz CT molecular complexity index is 660. The van der Waals surface area contributed by atoms with E-state index in [2.05, 4.69) is 30.9 Å². The number of fused-ring (bicyclic) bond motifs is 1. The van der Waals surface area contributed by atoms with E-state index < -0.39 is 0 Å². The summed E-state index contributed by atoms with van der Waals surface area (Å²) in [5.74, 6) is 0.307. The molecule has 2 heterocycles. The number of hydrogen-bond donors (Lipinski definition) is 1. The van der Waals surface area contributed by atoms with E-state index in [9.17, 15) is 4.39 Å². The first-order chi connectivity index (χ1) is 8.24. The number of hydrogen-bond acceptors (Lipinski definition) is 2. The monoisotopic (exact) mass is 291 g/mol. The number of H-pyrrole nitrogens is 1. The summed E-state index contributed by atoms with van der Waals surface area (Å²) in [4.78, 5) is 11.6. The Morgan fingerprint density at radius 3 is 2.94 bits per heavy atom. The number of halogens is 2. The van der Waals surface area contributed by atoms with Gasteiger partial charge in [0.2, 0.25) is 0 Å². The molecule has 0 unspecified atom stereocenters. The van der Waals surface area contributed by atoms with Crippen molar-refractivity contribution < 1.29 is 4.39 Å². The number of imidazole rings is 1. The third kappa shape index (κ3) is 1.82. The average Bonchev–Trinajstić information content (AvgIpc) is 2.75. The molecule has 0 amide bonds. The molecule has 0 fully saturated rings. The molecule has 0 radical (unpaired) electrons. The number of rotatable bonds is 1. The van der Waals surface area contributed by atoms with E-state index in [0.29, 0.717) is 17.0 Å². The molecule has 0 saturated carbocycles. The van der Waals surface area contributed by atoms with Crippen molar-refractivity contribution in [2.45, 2.75) is 0 Å². The molecule has 0 spiro atoms. The van der Waals surface area contributed by atoms with Gasteiger partial charge in [-0.15, -0.1) is 0 Å². The highest BCUT2D eigenvalue weighted by Gasteiger charge is 2.09. The summed E-state index contributed by atoms with van der Waals surface area (Å²) in [7, 11) is 0. The molecule has 5 heteroatoms. The topological polar surface area (TPSA) is 41.6 Å². The number of nitrogens with zero attached hydrogens (tertiary/aromatic N) is 2. The average molecular weight is 292 g/mol. The third-order valence-electron chi connectivity index (χ3n) is 2.44. The van der Waals surface area contributed by atoms with Gasteiger partial charge in [-0.2, -0.15) is 0 Å². The SMILES string of the molecule is Fc1ccc(Br)c(-c2nc3ncccc3[nH]2)c1. The van der Waals surface area contributed by atoms with Crippen molar-refractivity contribution in [2.75, 3.05) is 0 Å². The van der Waals surface area contributed by atoms with E-state index in [0.717, 1.165) is 9.99 Å². The molecule has 1 aromatic carbocycles. The molecule has 17 heavy (non-hydrogen) atoms. The van der Waals surface area contributed by atoms with Gasteiger partial charge >= 0.3 is 0 Å². The highest BCUT2D eigenvalue weighted by Crippen LogP contribution is 2.27. The van der Waals surface area contributed by atoms with Crippen LogP contribution in [0.5, 0.6) is 0 Å². The van der Waals surface area contributed by atoms with Crippen LogP contribution in [0.25, 0.3) is 22.6 Å². The molecule has 0 aliphatic heterocycles. The maximum atomic E-state index is 13.2. The van der Waals surface area contributed by atoms with Crippen molar-refractivity contribution in [3.63, 3.8) is 0 Å². The minimum atomic E-state index is -0.295. The maximum Gasteiger partial charge on any atom is 0.178 e. The number of pyridine rings is 1. The summed E-state index contributed by atoms with van der Waals surface area (Å²) in [6.45, 7) is 0. The van der Waals surface area contributed by atoms with Crippen LogP contribution in [0.2, 0.25) is 0 Å². The Morgan fingerprint density at radius 2 is 2.12 bits per heavy atom. The lowest BCUT2D eigenvalue weighted by Crippen LogP contribution is -1.84. The van der Waals surface area contributed by atoms with Gasteiger partial charge in [0.1, 0.15) is 11.6 Å². The van der Waals surface area contributed by atoms with Crippen molar-refractivity contribution in [2.24, 2.45) is 0 Å². The predicted octanol–water partition coefficient (Wildman–Crippen LogP) is 3.53. The third-order valence-corrected chi connectivity index (χ3v) is 3.13. The van der Waals surface area contributed by atoms with Gasteiger partial charge in [-0.05, 0) is 30.3 Å². The summed E-state index contributed by atoms with van der Waals surface area (Å²) in [5.41, 5.74) is 2.14. The standard InChI is InChI=1S/C12H7BrFN3/c13-9-4-3-7(14)6-8(9)11-16-10-2-1-5-15-12(10)17-11/h1-6H,(H,15,16,17). The number of benzene rings is 1. The second kappa shape index (κ2) is 3.92. The van der Waals surface area contributed by atoms with E-state index in [1.54, 1.807) is 12.3 Å². The van der Waals surface area contributed by atoms with Crippen molar-refractivity contribution in [1.82, 2.24) is 15.0 Å². The highest BCUT2D eigenvalue weighted by molar-refractivity contribution is 9.10. The Labute approximate surface area is 105 Å². The van der Waals surface area contributed by atoms with E-state index >= 15 is 0 Å². The van der Waals surface area contributed by atoms with Gasteiger partial charge in [-0.3, -0.25) is 0 Å². The molecule has 0 aliphatic carbocycles. The van der Waals surface area contributed by atoms with Gasteiger partial charge < -0.3 is 4.98 Å².